The molecule has 6 heteroatoms. The number of hydrogen-bond acceptors (Lipinski definition) is 3. The van der Waals surface area contributed by atoms with Gasteiger partial charge in [-0.15, -0.1) is 0 Å². The van der Waals surface area contributed by atoms with Crippen molar-refractivity contribution in [2.75, 3.05) is 6.61 Å². The molecular formula is C8H20N2O3S. The Morgan fingerprint density at radius 2 is 1.86 bits per heavy atom. The van der Waals surface area contributed by atoms with E-state index >= 15 is 0 Å². The van der Waals surface area contributed by atoms with Crippen LogP contribution in [0.3, 0.4) is 0 Å². The number of aliphatic hydroxyl groups is 1. The third-order valence-corrected chi connectivity index (χ3v) is 3.00. The van der Waals surface area contributed by atoms with Crippen LogP contribution in [-0.4, -0.2) is 31.7 Å². The van der Waals surface area contributed by atoms with E-state index in [1.165, 1.54) is 0 Å². The monoisotopic (exact) mass is 224 g/mol. The molecule has 0 rings (SSSR count). The molecule has 0 radical (unpaired) electrons. The summed E-state index contributed by atoms with van der Waals surface area (Å²) >= 11 is 0. The summed E-state index contributed by atoms with van der Waals surface area (Å²) in [6, 6.07) is -0.421. The average Bonchev–Trinajstić information content (AvgIpc) is 1.95. The van der Waals surface area contributed by atoms with Crippen molar-refractivity contribution in [1.29, 1.82) is 0 Å². The fourth-order valence-corrected chi connectivity index (χ4v) is 2.45. The summed E-state index contributed by atoms with van der Waals surface area (Å²) in [5, 5.41) is 8.83. The van der Waals surface area contributed by atoms with E-state index in [0.29, 0.717) is 6.42 Å². The van der Waals surface area contributed by atoms with Gasteiger partial charge in [-0.2, -0.15) is 17.9 Å². The number of rotatable bonds is 5. The predicted octanol–water partition coefficient (Wildman–Crippen LogP) is -0.0202. The fraction of sp³-hybridized carbons (Fsp3) is 1.00. The van der Waals surface area contributed by atoms with E-state index in [9.17, 15) is 8.42 Å². The topological polar surface area (TPSA) is 78.4 Å². The van der Waals surface area contributed by atoms with Gasteiger partial charge in [-0.25, -0.2) is 0 Å². The van der Waals surface area contributed by atoms with E-state index in [4.69, 9.17) is 5.11 Å². The summed E-state index contributed by atoms with van der Waals surface area (Å²) in [7, 11) is -3.52. The Morgan fingerprint density at radius 1 is 1.36 bits per heavy atom. The summed E-state index contributed by atoms with van der Waals surface area (Å²) < 4.78 is 27.7. The van der Waals surface area contributed by atoms with Gasteiger partial charge in [0.1, 0.15) is 0 Å². The summed E-state index contributed by atoms with van der Waals surface area (Å²) in [4.78, 5) is 0. The zero-order valence-corrected chi connectivity index (χ0v) is 9.98. The molecule has 5 nitrogen and oxygen atoms in total. The molecule has 1 atom stereocenters. The number of nitrogens with one attached hydrogen (secondary N) is 2. The first kappa shape index (κ1) is 13.8. The molecule has 0 aromatic heterocycles. The highest BCUT2D eigenvalue weighted by molar-refractivity contribution is 7.87. The predicted molar refractivity (Wildman–Crippen MR) is 56.1 cm³/mol. The first-order valence-electron chi connectivity index (χ1n) is 4.62. The van der Waals surface area contributed by atoms with Gasteiger partial charge in [0, 0.05) is 11.6 Å². The van der Waals surface area contributed by atoms with Gasteiger partial charge in [0.15, 0.2) is 0 Å². The van der Waals surface area contributed by atoms with Gasteiger partial charge in [0.2, 0.25) is 0 Å². The molecule has 0 spiro atoms. The van der Waals surface area contributed by atoms with E-state index in [1.807, 2.05) is 0 Å². The Bertz CT molecular complexity index is 252. The van der Waals surface area contributed by atoms with Gasteiger partial charge in [-0.1, -0.05) is 6.92 Å². The second-order valence-corrected chi connectivity index (χ2v) is 5.71. The molecule has 0 saturated carbocycles. The second kappa shape index (κ2) is 5.06. The van der Waals surface area contributed by atoms with Gasteiger partial charge in [0.25, 0.3) is 10.2 Å². The largest absolute Gasteiger partial charge is 0.395 e. The molecule has 0 aliphatic heterocycles. The van der Waals surface area contributed by atoms with E-state index in [-0.39, 0.29) is 6.61 Å². The van der Waals surface area contributed by atoms with Crippen LogP contribution < -0.4 is 9.44 Å². The maximum atomic E-state index is 11.4. The molecule has 14 heavy (non-hydrogen) atoms. The highest BCUT2D eigenvalue weighted by Gasteiger charge is 2.21. The van der Waals surface area contributed by atoms with Crippen molar-refractivity contribution in [3.8, 4) is 0 Å². The van der Waals surface area contributed by atoms with Crippen LogP contribution in [0, 0.1) is 0 Å². The number of hydrogen-bond donors (Lipinski definition) is 3. The molecule has 0 amide bonds. The second-order valence-electron chi connectivity index (χ2n) is 4.26. The van der Waals surface area contributed by atoms with Crippen LogP contribution in [0.1, 0.15) is 34.1 Å². The molecule has 86 valence electrons. The normalized spacial score (nSPS) is 15.5. The lowest BCUT2D eigenvalue weighted by molar-refractivity contribution is 0.253. The third kappa shape index (κ3) is 6.31. The molecular weight excluding hydrogens is 204 g/mol. The zero-order chi connectivity index (χ0) is 11.4. The quantitative estimate of drug-likeness (QED) is 0.614. The minimum Gasteiger partial charge on any atom is -0.395 e. The molecule has 3 N–H and O–H groups in total. The Kier molecular flexibility index (Phi) is 5.00. The molecule has 0 aliphatic carbocycles. The van der Waals surface area contributed by atoms with E-state index in [1.54, 1.807) is 27.7 Å². The van der Waals surface area contributed by atoms with E-state index in [0.717, 1.165) is 0 Å². The first-order valence-corrected chi connectivity index (χ1v) is 6.10. The first-order chi connectivity index (χ1) is 6.20. The maximum absolute atomic E-state index is 11.4. The molecule has 0 fully saturated rings. The molecule has 0 saturated heterocycles. The summed E-state index contributed by atoms with van der Waals surface area (Å²) in [5.74, 6) is 0. The lowest BCUT2D eigenvalue weighted by atomic mass is 10.1. The molecule has 1 unspecified atom stereocenters. The van der Waals surface area contributed by atoms with Crippen LogP contribution >= 0.6 is 0 Å². The lowest BCUT2D eigenvalue weighted by Gasteiger charge is -2.22. The number of aliphatic hydroxyl groups excluding tert-OH is 1. The standard InChI is InChI=1S/C8H20N2O3S/c1-5-7(6-11)9-14(12,13)10-8(2,3)4/h7,9-11H,5-6H2,1-4H3. The fourth-order valence-electron chi connectivity index (χ4n) is 0.902. The van der Waals surface area contributed by atoms with Crippen molar-refractivity contribution in [3.05, 3.63) is 0 Å². The van der Waals surface area contributed by atoms with E-state index in [2.05, 4.69) is 9.44 Å². The molecule has 0 aromatic carbocycles. The maximum Gasteiger partial charge on any atom is 0.277 e. The van der Waals surface area contributed by atoms with E-state index < -0.39 is 21.8 Å². The van der Waals surface area contributed by atoms with Crippen molar-refractivity contribution in [2.45, 2.75) is 45.7 Å². The molecule has 0 aliphatic rings. The Labute approximate surface area is 86.1 Å². The smallest absolute Gasteiger partial charge is 0.277 e. The van der Waals surface area contributed by atoms with Crippen molar-refractivity contribution < 1.29 is 13.5 Å². The van der Waals surface area contributed by atoms with Crippen LogP contribution in [0.25, 0.3) is 0 Å². The minimum absolute atomic E-state index is 0.193. The van der Waals surface area contributed by atoms with Crippen LogP contribution in [-0.2, 0) is 10.2 Å². The van der Waals surface area contributed by atoms with Gasteiger partial charge >= 0.3 is 0 Å². The third-order valence-electron chi connectivity index (χ3n) is 1.48. The summed E-state index contributed by atoms with van der Waals surface area (Å²) in [6.07, 6.45) is 0.557. The Balaban J connectivity index is 4.35. The van der Waals surface area contributed by atoms with Gasteiger partial charge in [0.05, 0.1) is 6.61 Å². The van der Waals surface area contributed by atoms with Crippen molar-refractivity contribution in [2.24, 2.45) is 0 Å². The van der Waals surface area contributed by atoms with Gasteiger partial charge in [-0.3, -0.25) is 0 Å². The highest BCUT2D eigenvalue weighted by atomic mass is 32.2. The van der Waals surface area contributed by atoms with Crippen molar-refractivity contribution >= 4 is 10.2 Å². The summed E-state index contributed by atoms with van der Waals surface area (Å²) in [6.45, 7) is 6.88. The minimum atomic E-state index is -3.52. The average molecular weight is 224 g/mol. The summed E-state index contributed by atoms with van der Waals surface area (Å²) in [5.41, 5.74) is -0.514. The van der Waals surface area contributed by atoms with Crippen molar-refractivity contribution in [1.82, 2.24) is 9.44 Å². The van der Waals surface area contributed by atoms with Crippen LogP contribution in [0.4, 0.5) is 0 Å². The SMILES string of the molecule is CCC(CO)NS(=O)(=O)NC(C)(C)C. The lowest BCUT2D eigenvalue weighted by Crippen LogP contribution is -2.50. The van der Waals surface area contributed by atoms with Crippen LogP contribution in [0.15, 0.2) is 0 Å². The Morgan fingerprint density at radius 3 is 2.14 bits per heavy atom. The molecule has 0 bridgehead atoms. The van der Waals surface area contributed by atoms with Gasteiger partial charge in [-0.05, 0) is 27.2 Å². The Hall–Kier alpha value is -0.170. The van der Waals surface area contributed by atoms with Gasteiger partial charge < -0.3 is 5.11 Å². The molecule has 0 heterocycles. The van der Waals surface area contributed by atoms with Crippen LogP contribution in [0.2, 0.25) is 0 Å². The molecule has 0 aromatic rings. The van der Waals surface area contributed by atoms with Crippen LogP contribution in [0.5, 0.6) is 0 Å². The highest BCUT2D eigenvalue weighted by Crippen LogP contribution is 2.01. The van der Waals surface area contributed by atoms with Crippen molar-refractivity contribution in [3.63, 3.8) is 0 Å². The zero-order valence-electron chi connectivity index (χ0n) is 9.16.